The van der Waals surface area contributed by atoms with Crippen LogP contribution in [0, 0.1) is 5.82 Å². The van der Waals surface area contributed by atoms with E-state index >= 15 is 0 Å². The zero-order valence-electron chi connectivity index (χ0n) is 16.7. The van der Waals surface area contributed by atoms with E-state index in [0.29, 0.717) is 47.8 Å². The quantitative estimate of drug-likeness (QED) is 0.703. The van der Waals surface area contributed by atoms with Gasteiger partial charge < -0.3 is 15.0 Å². The number of anilines is 2. The fourth-order valence-corrected chi connectivity index (χ4v) is 4.04. The van der Waals surface area contributed by atoms with Crippen LogP contribution in [0.1, 0.15) is 32.1 Å². The Labute approximate surface area is 173 Å². The summed E-state index contributed by atoms with van der Waals surface area (Å²) in [5.74, 6) is 1.43. The van der Waals surface area contributed by atoms with Crippen molar-refractivity contribution in [1.82, 2.24) is 25.1 Å². The minimum atomic E-state index is -0.303. The summed E-state index contributed by atoms with van der Waals surface area (Å²) in [4.78, 5) is 16.3. The van der Waals surface area contributed by atoms with E-state index in [2.05, 4.69) is 25.4 Å². The van der Waals surface area contributed by atoms with Crippen molar-refractivity contribution in [2.45, 2.75) is 38.1 Å². The second kappa shape index (κ2) is 8.43. The summed E-state index contributed by atoms with van der Waals surface area (Å²) in [7, 11) is 0. The molecule has 2 aliphatic rings. The molecule has 3 aromatic rings. The molecule has 1 aromatic carbocycles. The van der Waals surface area contributed by atoms with Crippen LogP contribution in [0.5, 0.6) is 0 Å². The van der Waals surface area contributed by atoms with E-state index < -0.39 is 0 Å². The Hall–Kier alpha value is -2.94. The van der Waals surface area contributed by atoms with Crippen molar-refractivity contribution in [2.75, 3.05) is 36.5 Å². The van der Waals surface area contributed by atoms with Gasteiger partial charge in [0.25, 0.3) is 0 Å². The van der Waals surface area contributed by atoms with Crippen LogP contribution in [0.2, 0.25) is 0 Å². The van der Waals surface area contributed by atoms with Crippen molar-refractivity contribution in [3.05, 3.63) is 30.1 Å². The van der Waals surface area contributed by atoms with E-state index in [1.807, 2.05) is 0 Å². The van der Waals surface area contributed by atoms with Crippen molar-refractivity contribution in [2.24, 2.45) is 0 Å². The number of fused-ring (bicyclic) bond motifs is 1. The van der Waals surface area contributed by atoms with Gasteiger partial charge in [0.15, 0.2) is 17.2 Å². The lowest BCUT2D eigenvalue weighted by Crippen LogP contribution is -2.37. The van der Waals surface area contributed by atoms with Gasteiger partial charge in [-0.05, 0) is 37.1 Å². The summed E-state index contributed by atoms with van der Waals surface area (Å²) in [6, 6.07) is 6.45. The number of nitrogens with zero attached hydrogens (tertiary/aromatic N) is 6. The summed E-state index contributed by atoms with van der Waals surface area (Å²) >= 11 is 0. The number of hydrogen-bond donors (Lipinski definition) is 1. The van der Waals surface area contributed by atoms with Crippen LogP contribution in [-0.4, -0.2) is 57.5 Å². The van der Waals surface area contributed by atoms with Gasteiger partial charge in [-0.25, -0.2) is 9.37 Å². The monoisotopic (exact) mass is 409 g/mol. The lowest BCUT2D eigenvalue weighted by Gasteiger charge is -2.29. The van der Waals surface area contributed by atoms with E-state index in [9.17, 15) is 4.39 Å². The molecular formula is C21H24FN7O. The first-order valence-corrected chi connectivity index (χ1v) is 10.5. The van der Waals surface area contributed by atoms with Gasteiger partial charge >= 0.3 is 0 Å². The van der Waals surface area contributed by atoms with Gasteiger partial charge in [0.2, 0.25) is 11.6 Å². The molecule has 3 heterocycles. The van der Waals surface area contributed by atoms with Crippen molar-refractivity contribution < 1.29 is 9.13 Å². The molecule has 8 nitrogen and oxygen atoms in total. The van der Waals surface area contributed by atoms with Crippen molar-refractivity contribution in [3.8, 4) is 11.4 Å². The summed E-state index contributed by atoms with van der Waals surface area (Å²) in [6.07, 6.45) is 5.99. The van der Waals surface area contributed by atoms with E-state index in [1.54, 1.807) is 12.1 Å². The minimum Gasteiger partial charge on any atom is -0.378 e. The first kappa shape index (κ1) is 19.0. The summed E-state index contributed by atoms with van der Waals surface area (Å²) in [5.41, 5.74) is 1.75. The molecule has 0 atom stereocenters. The molecule has 30 heavy (non-hydrogen) atoms. The minimum absolute atomic E-state index is 0.303. The second-order valence-electron chi connectivity index (χ2n) is 7.76. The van der Waals surface area contributed by atoms with E-state index in [1.165, 1.54) is 31.4 Å². The molecule has 1 aliphatic heterocycles. The number of nitrogens with one attached hydrogen (secondary N) is 1. The maximum Gasteiger partial charge on any atom is 0.227 e. The first-order chi connectivity index (χ1) is 14.8. The van der Waals surface area contributed by atoms with Crippen LogP contribution in [0.15, 0.2) is 24.3 Å². The Morgan fingerprint density at radius 1 is 0.933 bits per heavy atom. The zero-order chi connectivity index (χ0) is 20.3. The average Bonchev–Trinajstić information content (AvgIpc) is 2.80. The molecule has 156 valence electrons. The average molecular weight is 409 g/mol. The predicted octanol–water partition coefficient (Wildman–Crippen LogP) is 3.20. The van der Waals surface area contributed by atoms with Crippen molar-refractivity contribution in [1.29, 1.82) is 0 Å². The molecule has 0 spiro atoms. The second-order valence-corrected chi connectivity index (χ2v) is 7.76. The highest BCUT2D eigenvalue weighted by Gasteiger charge is 2.22. The lowest BCUT2D eigenvalue weighted by molar-refractivity contribution is 0.122. The van der Waals surface area contributed by atoms with Gasteiger partial charge in [0.1, 0.15) is 5.82 Å². The molecule has 9 heteroatoms. The van der Waals surface area contributed by atoms with E-state index in [4.69, 9.17) is 14.7 Å². The van der Waals surface area contributed by atoms with Gasteiger partial charge in [-0.3, -0.25) is 0 Å². The van der Waals surface area contributed by atoms with Crippen LogP contribution in [0.25, 0.3) is 22.6 Å². The van der Waals surface area contributed by atoms with Crippen LogP contribution in [0.4, 0.5) is 16.2 Å². The number of aromatic nitrogens is 5. The normalized spacial score (nSPS) is 18.0. The lowest BCUT2D eigenvalue weighted by atomic mass is 9.96. The maximum absolute atomic E-state index is 13.3. The summed E-state index contributed by atoms with van der Waals surface area (Å²) < 4.78 is 18.8. The highest BCUT2D eigenvalue weighted by Crippen LogP contribution is 2.27. The molecule has 1 saturated carbocycles. The van der Waals surface area contributed by atoms with Gasteiger partial charge in [-0.1, -0.05) is 19.3 Å². The standard InChI is InChI=1S/C21H24FN7O/c22-15-8-6-14(7-9-15)18-24-17-19(28-27-18)25-21(23-16-4-2-1-3-5-16)26-20(17)29-10-12-30-13-11-29/h6-9,16H,1-5,10-13H2,(H,23,25,26,28). The fourth-order valence-electron chi connectivity index (χ4n) is 4.04. The maximum atomic E-state index is 13.3. The largest absolute Gasteiger partial charge is 0.378 e. The molecule has 2 aromatic heterocycles. The molecule has 2 fully saturated rings. The third kappa shape index (κ3) is 4.02. The highest BCUT2D eigenvalue weighted by atomic mass is 19.1. The Bertz CT molecular complexity index is 1020. The van der Waals surface area contributed by atoms with Crippen LogP contribution in [-0.2, 0) is 4.74 Å². The van der Waals surface area contributed by atoms with Gasteiger partial charge in [0, 0.05) is 24.7 Å². The van der Waals surface area contributed by atoms with Crippen LogP contribution in [0.3, 0.4) is 0 Å². The molecule has 0 amide bonds. The Morgan fingerprint density at radius 2 is 1.70 bits per heavy atom. The number of morpholine rings is 1. The van der Waals surface area contributed by atoms with E-state index in [-0.39, 0.29) is 5.82 Å². The zero-order valence-corrected chi connectivity index (χ0v) is 16.7. The number of ether oxygens (including phenoxy) is 1. The summed E-state index contributed by atoms with van der Waals surface area (Å²) in [5, 5.41) is 12.1. The molecule has 0 bridgehead atoms. The smallest absolute Gasteiger partial charge is 0.227 e. The SMILES string of the molecule is Fc1ccc(-c2nnc3nc(NC4CCCCC4)nc(N4CCOCC4)c3n2)cc1. The van der Waals surface area contributed by atoms with Crippen LogP contribution >= 0.6 is 0 Å². The number of halogens is 1. The van der Waals surface area contributed by atoms with Gasteiger partial charge in [-0.2, -0.15) is 9.97 Å². The third-order valence-electron chi connectivity index (χ3n) is 5.66. The molecule has 0 radical (unpaired) electrons. The number of benzene rings is 1. The molecule has 0 unspecified atom stereocenters. The summed E-state index contributed by atoms with van der Waals surface area (Å²) in [6.45, 7) is 2.73. The number of hydrogen-bond acceptors (Lipinski definition) is 8. The molecule has 1 aliphatic carbocycles. The van der Waals surface area contributed by atoms with Gasteiger partial charge in [-0.15, -0.1) is 10.2 Å². The Balaban J connectivity index is 1.55. The van der Waals surface area contributed by atoms with Crippen LogP contribution < -0.4 is 10.2 Å². The first-order valence-electron chi connectivity index (χ1n) is 10.5. The number of rotatable bonds is 4. The molecule has 1 N–H and O–H groups in total. The topological polar surface area (TPSA) is 89.0 Å². The molecule has 1 saturated heterocycles. The van der Waals surface area contributed by atoms with E-state index in [0.717, 1.165) is 31.7 Å². The molecule has 5 rings (SSSR count). The molecular weight excluding hydrogens is 385 g/mol. The highest BCUT2D eigenvalue weighted by molar-refractivity contribution is 5.85. The van der Waals surface area contributed by atoms with Gasteiger partial charge in [0.05, 0.1) is 13.2 Å². The predicted molar refractivity (Wildman–Crippen MR) is 112 cm³/mol. The van der Waals surface area contributed by atoms with Crippen molar-refractivity contribution >= 4 is 22.9 Å². The Kier molecular flexibility index (Phi) is 5.35. The fraction of sp³-hybridized carbons (Fsp3) is 0.476. The third-order valence-corrected chi connectivity index (χ3v) is 5.66. The Morgan fingerprint density at radius 3 is 2.47 bits per heavy atom. The van der Waals surface area contributed by atoms with Crippen molar-refractivity contribution in [3.63, 3.8) is 0 Å².